The second-order valence-corrected chi connectivity index (χ2v) is 7.73. The van der Waals surface area contributed by atoms with Crippen molar-refractivity contribution in [2.45, 2.75) is 45.5 Å². The molecule has 2 aromatic rings. The number of hydrogen-bond acceptors (Lipinski definition) is 4. The van der Waals surface area contributed by atoms with E-state index in [1.165, 1.54) is 5.56 Å². The molecule has 1 aromatic carbocycles. The van der Waals surface area contributed by atoms with Gasteiger partial charge in [0.25, 0.3) is 0 Å². The van der Waals surface area contributed by atoms with Gasteiger partial charge in [-0.3, -0.25) is 4.90 Å². The molecule has 1 aromatic heterocycles. The van der Waals surface area contributed by atoms with Crippen molar-refractivity contribution in [3.05, 3.63) is 57.8 Å². The summed E-state index contributed by atoms with van der Waals surface area (Å²) in [5.41, 5.74) is 3.44. The average molecular weight is 514 g/mol. The summed E-state index contributed by atoms with van der Waals surface area (Å²) in [5.74, 6) is 0.863. The second kappa shape index (κ2) is 12.4. The van der Waals surface area contributed by atoms with Gasteiger partial charge in [0, 0.05) is 32.2 Å². The normalized spacial score (nSPS) is 15.9. The lowest BCUT2D eigenvalue weighted by atomic mass is 10.0. The molecule has 28 heavy (non-hydrogen) atoms. The molecule has 3 N–H and O–H groups in total. The number of guanidine groups is 1. The number of halogens is 1. The third-order valence-corrected chi connectivity index (χ3v) is 5.69. The molecule has 7 heteroatoms. The molecule has 0 saturated carbocycles. The third kappa shape index (κ3) is 7.02. The van der Waals surface area contributed by atoms with E-state index in [9.17, 15) is 5.11 Å². The van der Waals surface area contributed by atoms with Crippen LogP contribution in [0.5, 0.6) is 0 Å². The fraction of sp³-hybridized carbons (Fsp3) is 0.476. The number of aliphatic hydroxyl groups is 1. The smallest absolute Gasteiger partial charge is 0.191 e. The molecule has 0 aliphatic carbocycles. The predicted molar refractivity (Wildman–Crippen MR) is 128 cm³/mol. The van der Waals surface area contributed by atoms with Crippen molar-refractivity contribution in [2.24, 2.45) is 4.99 Å². The van der Waals surface area contributed by atoms with E-state index in [0.29, 0.717) is 12.6 Å². The van der Waals surface area contributed by atoms with Gasteiger partial charge in [0.15, 0.2) is 5.96 Å². The lowest BCUT2D eigenvalue weighted by Crippen LogP contribution is -2.48. The minimum atomic E-state index is 0. The van der Waals surface area contributed by atoms with Crippen molar-refractivity contribution in [2.75, 3.05) is 19.6 Å². The van der Waals surface area contributed by atoms with E-state index in [-0.39, 0.29) is 30.6 Å². The largest absolute Gasteiger partial charge is 0.392 e. The first-order valence-corrected chi connectivity index (χ1v) is 10.7. The molecule has 0 unspecified atom stereocenters. The summed E-state index contributed by atoms with van der Waals surface area (Å²) in [6.07, 6.45) is 2.25. The van der Waals surface area contributed by atoms with E-state index < -0.39 is 0 Å². The first kappa shape index (κ1) is 23.1. The molecular formula is C21H31IN4OS. The molecule has 1 saturated heterocycles. The first-order valence-electron chi connectivity index (χ1n) is 9.74. The van der Waals surface area contributed by atoms with Gasteiger partial charge in [0.2, 0.25) is 0 Å². The average Bonchev–Trinajstić information content (AvgIpc) is 3.21. The maximum Gasteiger partial charge on any atom is 0.191 e. The fourth-order valence-corrected chi connectivity index (χ4v) is 4.08. The Balaban J connectivity index is 0.00000280. The summed E-state index contributed by atoms with van der Waals surface area (Å²) in [7, 11) is 0. The van der Waals surface area contributed by atoms with Crippen molar-refractivity contribution >= 4 is 41.3 Å². The van der Waals surface area contributed by atoms with Crippen molar-refractivity contribution < 1.29 is 5.11 Å². The monoisotopic (exact) mass is 514 g/mol. The number of piperidine rings is 1. The van der Waals surface area contributed by atoms with Gasteiger partial charge in [-0.25, -0.2) is 4.99 Å². The van der Waals surface area contributed by atoms with Crippen LogP contribution in [0.3, 0.4) is 0 Å². The second-order valence-electron chi connectivity index (χ2n) is 6.95. The standard InChI is InChI=1S/C21H30N4OS.HI/c1-2-22-21(23-13-18-5-3-4-6-19(18)15-26)24-20-7-10-25(11-8-20)14-17-9-12-27-16-17;/h3-6,9,12,16,20,26H,2,7-8,10-11,13-15H2,1H3,(H2,22,23,24);1H. The highest BCUT2D eigenvalue weighted by molar-refractivity contribution is 14.0. The Morgan fingerprint density at radius 1 is 1.21 bits per heavy atom. The van der Waals surface area contributed by atoms with Crippen LogP contribution in [-0.4, -0.2) is 41.6 Å². The van der Waals surface area contributed by atoms with Crippen LogP contribution >= 0.6 is 35.3 Å². The van der Waals surface area contributed by atoms with Crippen LogP contribution in [0.2, 0.25) is 0 Å². The van der Waals surface area contributed by atoms with Gasteiger partial charge >= 0.3 is 0 Å². The lowest BCUT2D eigenvalue weighted by Gasteiger charge is -2.33. The Bertz CT molecular complexity index is 715. The molecular weight excluding hydrogens is 483 g/mol. The van der Waals surface area contributed by atoms with Crippen LogP contribution in [0, 0.1) is 0 Å². The number of nitrogens with zero attached hydrogens (tertiary/aromatic N) is 2. The zero-order chi connectivity index (χ0) is 18.9. The highest BCUT2D eigenvalue weighted by Gasteiger charge is 2.20. The third-order valence-electron chi connectivity index (χ3n) is 4.96. The number of hydrogen-bond donors (Lipinski definition) is 3. The Labute approximate surface area is 189 Å². The number of thiophene rings is 1. The molecule has 1 fully saturated rings. The van der Waals surface area contributed by atoms with Crippen LogP contribution in [0.1, 0.15) is 36.5 Å². The maximum absolute atomic E-state index is 9.48. The fourth-order valence-electron chi connectivity index (χ4n) is 3.42. The molecule has 154 valence electrons. The van der Waals surface area contributed by atoms with Gasteiger partial charge < -0.3 is 15.7 Å². The van der Waals surface area contributed by atoms with Crippen LogP contribution in [0.4, 0.5) is 0 Å². The molecule has 0 bridgehead atoms. The van der Waals surface area contributed by atoms with E-state index in [0.717, 1.165) is 56.1 Å². The van der Waals surface area contributed by atoms with Gasteiger partial charge in [-0.2, -0.15) is 11.3 Å². The van der Waals surface area contributed by atoms with Gasteiger partial charge in [-0.1, -0.05) is 24.3 Å². The molecule has 0 atom stereocenters. The minimum absolute atomic E-state index is 0. The van der Waals surface area contributed by atoms with E-state index in [1.54, 1.807) is 11.3 Å². The predicted octanol–water partition coefficient (Wildman–Crippen LogP) is 3.58. The molecule has 0 amide bonds. The van der Waals surface area contributed by atoms with Crippen LogP contribution in [0.25, 0.3) is 0 Å². The van der Waals surface area contributed by atoms with Crippen molar-refractivity contribution in [1.29, 1.82) is 0 Å². The number of likely N-dealkylation sites (tertiary alicyclic amines) is 1. The number of rotatable bonds is 7. The van der Waals surface area contributed by atoms with E-state index in [4.69, 9.17) is 4.99 Å². The number of aliphatic hydroxyl groups excluding tert-OH is 1. The van der Waals surface area contributed by atoms with E-state index >= 15 is 0 Å². The number of nitrogens with one attached hydrogen (secondary N) is 2. The molecule has 1 aliphatic rings. The van der Waals surface area contributed by atoms with Crippen LogP contribution < -0.4 is 10.6 Å². The quantitative estimate of drug-likeness (QED) is 0.301. The summed E-state index contributed by atoms with van der Waals surface area (Å²) >= 11 is 1.77. The summed E-state index contributed by atoms with van der Waals surface area (Å²) in [4.78, 5) is 7.27. The van der Waals surface area contributed by atoms with E-state index in [1.807, 2.05) is 24.3 Å². The van der Waals surface area contributed by atoms with Gasteiger partial charge in [-0.15, -0.1) is 24.0 Å². The highest BCUT2D eigenvalue weighted by atomic mass is 127. The highest BCUT2D eigenvalue weighted by Crippen LogP contribution is 2.16. The summed E-state index contributed by atoms with van der Waals surface area (Å²) in [5, 5.41) is 20.8. The molecule has 0 radical (unpaired) electrons. The molecule has 1 aliphatic heterocycles. The Hall–Kier alpha value is -1.16. The topological polar surface area (TPSA) is 59.9 Å². The van der Waals surface area contributed by atoms with Crippen molar-refractivity contribution in [3.8, 4) is 0 Å². The SMILES string of the molecule is CCNC(=NCc1ccccc1CO)NC1CCN(Cc2ccsc2)CC1.I. The number of aliphatic imine (C=N–C) groups is 1. The zero-order valence-corrected chi connectivity index (χ0v) is 19.6. The zero-order valence-electron chi connectivity index (χ0n) is 16.4. The number of benzene rings is 1. The van der Waals surface area contributed by atoms with Crippen LogP contribution in [0.15, 0.2) is 46.1 Å². The van der Waals surface area contributed by atoms with Crippen LogP contribution in [-0.2, 0) is 19.7 Å². The molecule has 2 heterocycles. The van der Waals surface area contributed by atoms with Gasteiger partial charge in [0.05, 0.1) is 13.2 Å². The minimum Gasteiger partial charge on any atom is -0.392 e. The molecule has 5 nitrogen and oxygen atoms in total. The molecule has 0 spiro atoms. The Kier molecular flexibility index (Phi) is 10.3. The maximum atomic E-state index is 9.48. The summed E-state index contributed by atoms with van der Waals surface area (Å²) in [6.45, 7) is 6.83. The first-order chi connectivity index (χ1) is 13.3. The lowest BCUT2D eigenvalue weighted by molar-refractivity contribution is 0.198. The Morgan fingerprint density at radius 3 is 2.61 bits per heavy atom. The molecule has 3 rings (SSSR count). The van der Waals surface area contributed by atoms with Gasteiger partial charge in [0.1, 0.15) is 0 Å². The van der Waals surface area contributed by atoms with Crippen molar-refractivity contribution in [3.63, 3.8) is 0 Å². The van der Waals surface area contributed by atoms with E-state index in [2.05, 4.69) is 39.3 Å². The summed E-state index contributed by atoms with van der Waals surface area (Å²) < 4.78 is 0. The van der Waals surface area contributed by atoms with Crippen molar-refractivity contribution in [1.82, 2.24) is 15.5 Å². The van der Waals surface area contributed by atoms with Gasteiger partial charge in [-0.05, 0) is 53.3 Å². The summed E-state index contributed by atoms with van der Waals surface area (Å²) in [6, 6.07) is 10.6. The Morgan fingerprint density at radius 2 is 1.96 bits per heavy atom.